The molecule has 2 aromatic heterocycles. The van der Waals surface area contributed by atoms with Crippen molar-refractivity contribution in [3.8, 4) is 0 Å². The molecule has 2 heterocycles. The molecule has 0 aromatic carbocycles. The van der Waals surface area contributed by atoms with Crippen molar-refractivity contribution in [3.05, 3.63) is 51.0 Å². The number of nitrogens with zero attached hydrogens (tertiary/aromatic N) is 3. The Morgan fingerprint density at radius 1 is 1.06 bits per heavy atom. The maximum Gasteiger partial charge on any atom is 0.332 e. The second-order valence-electron chi connectivity index (χ2n) is 14.2. The number of thioether (sulfide) groups is 1. The number of hydrogen-bond donors (Lipinski definition) is 1. The molecule has 51 heavy (non-hydrogen) atoms. The Hall–Kier alpha value is -3.95. The van der Waals surface area contributed by atoms with Crippen molar-refractivity contribution in [2.45, 2.75) is 90.3 Å². The van der Waals surface area contributed by atoms with Crippen LogP contribution in [-0.4, -0.2) is 71.5 Å². The number of halogens is 3. The maximum absolute atomic E-state index is 18.0. The highest BCUT2D eigenvalue weighted by Crippen LogP contribution is 2.72. The van der Waals surface area contributed by atoms with Crippen LogP contribution in [0.25, 0.3) is 11.2 Å². The van der Waals surface area contributed by atoms with Gasteiger partial charge in [0.05, 0.1) is 6.33 Å². The molecular weight excluding hydrogens is 693 g/mol. The normalized spacial score (nSPS) is 35.1. The lowest BCUT2D eigenvalue weighted by Crippen LogP contribution is -2.71. The van der Waals surface area contributed by atoms with Crippen LogP contribution >= 0.6 is 11.8 Å². The van der Waals surface area contributed by atoms with Crippen molar-refractivity contribution >= 4 is 45.8 Å². The van der Waals surface area contributed by atoms with Crippen molar-refractivity contribution in [1.29, 1.82) is 0 Å². The van der Waals surface area contributed by atoms with Gasteiger partial charge in [-0.1, -0.05) is 33.8 Å². The molecule has 4 aliphatic carbocycles. The van der Waals surface area contributed by atoms with Gasteiger partial charge in [-0.05, 0) is 61.6 Å². The van der Waals surface area contributed by atoms with Crippen molar-refractivity contribution < 1.29 is 41.8 Å². The fourth-order valence-electron chi connectivity index (χ4n) is 9.23. The third kappa shape index (κ3) is 5.54. The van der Waals surface area contributed by atoms with Gasteiger partial charge in [-0.15, -0.1) is 0 Å². The van der Waals surface area contributed by atoms with Gasteiger partial charge in [-0.3, -0.25) is 33.1 Å². The number of nitrogens with one attached hydrogen (secondary N) is 1. The summed E-state index contributed by atoms with van der Waals surface area (Å²) in [7, 11) is 3.01. The van der Waals surface area contributed by atoms with Crippen LogP contribution in [0.15, 0.2) is 39.7 Å². The second kappa shape index (κ2) is 13.6. The Bertz CT molecular complexity index is 1960. The molecule has 278 valence electrons. The second-order valence-corrected chi connectivity index (χ2v) is 15.1. The number of rotatable bonds is 6. The standard InChI is InChI=1S/C28H35F3O6S.C7H8N4O2/c1-6-22(33)36-21-13-26(5)17(10-15(3)28(26,24(35)38-14-29)37-23(34)7-2)18-12-20(30)19-11-16(32)8-9-25(19,4)27(18,21)31;1-10-5-4(8-3-9-5)6(12)11(2)7(10)13/h8-9,11,15,17-18,20-21H,6-7,10,12-14H2,1-5H3;3H,1-2H3,(H,8,9)/t15-,17+,18+,20+,21+,25+,26+,27+,28+;/m1./s1. The number of fused-ring (bicyclic) bond motifs is 6. The minimum atomic E-state index is -2.31. The number of aromatic amines is 1. The summed E-state index contributed by atoms with van der Waals surface area (Å²) >= 11 is 0.388. The third-order valence-corrected chi connectivity index (χ3v) is 12.5. The number of alkyl halides is 3. The number of aromatic nitrogens is 4. The largest absolute Gasteiger partial charge is 0.459 e. The molecule has 6 rings (SSSR count). The first-order valence-corrected chi connectivity index (χ1v) is 17.9. The number of imidazole rings is 1. The van der Waals surface area contributed by atoms with Gasteiger partial charge in [-0.25, -0.2) is 22.9 Å². The third-order valence-electron chi connectivity index (χ3n) is 11.8. The predicted octanol–water partition coefficient (Wildman–Crippen LogP) is 4.35. The van der Waals surface area contributed by atoms with E-state index in [4.69, 9.17) is 9.47 Å². The zero-order chi connectivity index (χ0) is 37.8. The van der Waals surface area contributed by atoms with Gasteiger partial charge in [0.2, 0.25) is 5.12 Å². The first-order chi connectivity index (χ1) is 23.9. The zero-order valence-electron chi connectivity index (χ0n) is 29.6. The fourth-order valence-corrected chi connectivity index (χ4v) is 10.0. The number of ether oxygens (including phenoxy) is 2. The average molecular weight is 737 g/mol. The first kappa shape index (κ1) is 38.3. The predicted molar refractivity (Wildman–Crippen MR) is 182 cm³/mol. The van der Waals surface area contributed by atoms with Gasteiger partial charge in [-0.2, -0.15) is 0 Å². The molecular formula is C35H43F3N4O8S. The summed E-state index contributed by atoms with van der Waals surface area (Å²) in [6.07, 6.45) is 1.66. The molecule has 0 bridgehead atoms. The van der Waals surface area contributed by atoms with Gasteiger partial charge < -0.3 is 14.5 Å². The number of allylic oxidation sites excluding steroid dienone is 4. The van der Waals surface area contributed by atoms with Crippen LogP contribution in [0.5, 0.6) is 0 Å². The highest BCUT2D eigenvalue weighted by atomic mass is 32.2. The number of hydrogen-bond acceptors (Lipinski definition) is 10. The number of H-pyrrole nitrogens is 1. The molecule has 2 aromatic rings. The Labute approximate surface area is 296 Å². The molecule has 0 spiro atoms. The molecule has 16 heteroatoms. The number of aryl methyl sites for hydroxylation is 1. The Balaban J connectivity index is 0.000000323. The van der Waals surface area contributed by atoms with E-state index in [1.54, 1.807) is 34.7 Å². The summed E-state index contributed by atoms with van der Waals surface area (Å²) in [5, 5.41) is -0.686. The number of carbonyl (C=O) groups excluding carboxylic acids is 4. The summed E-state index contributed by atoms with van der Waals surface area (Å²) < 4.78 is 61.3. The molecule has 0 unspecified atom stereocenters. The first-order valence-electron chi connectivity index (χ1n) is 16.9. The molecule has 0 aliphatic heterocycles. The van der Waals surface area contributed by atoms with Crippen molar-refractivity contribution in [2.24, 2.45) is 42.7 Å². The van der Waals surface area contributed by atoms with E-state index in [0.29, 0.717) is 22.9 Å². The average Bonchev–Trinajstić information content (AvgIpc) is 3.67. The highest BCUT2D eigenvalue weighted by Gasteiger charge is 2.79. The van der Waals surface area contributed by atoms with E-state index >= 15 is 8.78 Å². The van der Waals surface area contributed by atoms with Crippen LogP contribution in [0.2, 0.25) is 0 Å². The number of ketones is 1. The van der Waals surface area contributed by atoms with Crippen LogP contribution in [0, 0.1) is 28.6 Å². The molecule has 0 saturated heterocycles. The van der Waals surface area contributed by atoms with Crippen LogP contribution < -0.4 is 11.2 Å². The Kier molecular flexibility index (Phi) is 10.2. The quantitative estimate of drug-likeness (QED) is 0.423. The lowest BCUT2D eigenvalue weighted by atomic mass is 9.44. The summed E-state index contributed by atoms with van der Waals surface area (Å²) in [6.45, 7) is 8.05. The minimum absolute atomic E-state index is 0.00341. The van der Waals surface area contributed by atoms with E-state index in [2.05, 4.69) is 9.97 Å². The zero-order valence-corrected chi connectivity index (χ0v) is 30.4. The lowest BCUT2D eigenvalue weighted by molar-refractivity contribution is -0.237. The highest BCUT2D eigenvalue weighted by molar-refractivity contribution is 8.13. The van der Waals surface area contributed by atoms with E-state index < -0.39 is 81.0 Å². The summed E-state index contributed by atoms with van der Waals surface area (Å²) in [5.74, 6) is -4.11. The van der Waals surface area contributed by atoms with Crippen LogP contribution in [0.1, 0.15) is 66.7 Å². The topological polar surface area (TPSA) is 159 Å². The summed E-state index contributed by atoms with van der Waals surface area (Å²) in [5.41, 5.74) is -6.98. The Morgan fingerprint density at radius 2 is 1.73 bits per heavy atom. The van der Waals surface area contributed by atoms with E-state index in [1.807, 2.05) is 0 Å². The minimum Gasteiger partial charge on any atom is -0.459 e. The van der Waals surface area contributed by atoms with E-state index in [1.165, 1.54) is 37.0 Å². The van der Waals surface area contributed by atoms with Gasteiger partial charge in [0, 0.05) is 49.6 Å². The van der Waals surface area contributed by atoms with E-state index in [-0.39, 0.29) is 48.9 Å². The summed E-state index contributed by atoms with van der Waals surface area (Å²) in [4.78, 5) is 80.4. The molecule has 12 nitrogen and oxygen atoms in total. The van der Waals surface area contributed by atoms with Crippen molar-refractivity contribution in [1.82, 2.24) is 19.1 Å². The van der Waals surface area contributed by atoms with Crippen LogP contribution in [-0.2, 0) is 42.7 Å². The van der Waals surface area contributed by atoms with Crippen LogP contribution in [0.3, 0.4) is 0 Å². The number of carbonyl (C=O) groups is 4. The molecule has 0 amide bonds. The molecule has 3 fully saturated rings. The maximum atomic E-state index is 18.0. The Morgan fingerprint density at radius 3 is 2.35 bits per heavy atom. The monoisotopic (exact) mass is 736 g/mol. The fraction of sp³-hybridized carbons (Fsp3) is 0.629. The van der Waals surface area contributed by atoms with E-state index in [0.717, 1.165) is 10.6 Å². The van der Waals surface area contributed by atoms with Crippen molar-refractivity contribution in [2.75, 3.05) is 6.01 Å². The summed E-state index contributed by atoms with van der Waals surface area (Å²) in [6, 6.07) is -1.04. The van der Waals surface area contributed by atoms with Gasteiger partial charge in [0.1, 0.15) is 23.8 Å². The molecule has 1 N–H and O–H groups in total. The lowest BCUT2D eigenvalue weighted by Gasteiger charge is -2.63. The van der Waals surface area contributed by atoms with E-state index in [9.17, 15) is 33.2 Å². The smallest absolute Gasteiger partial charge is 0.332 e. The molecule has 0 radical (unpaired) electrons. The van der Waals surface area contributed by atoms with Crippen molar-refractivity contribution in [3.63, 3.8) is 0 Å². The van der Waals surface area contributed by atoms with Gasteiger partial charge in [0.25, 0.3) is 5.56 Å². The molecule has 9 atom stereocenters. The SMILES string of the molecule is CCC(=O)O[C@H]1C[C@@]2(C)[C@@H](C[C@@H](C)[C@]2(OC(=O)CC)C(=O)SCF)[C@@H]2C[C@H](F)C3=CC(=O)C=C[C@]3(C)[C@@]12F.Cn1c(=O)c2[nH]cnc2n(C)c1=O. The van der Waals surface area contributed by atoms with Gasteiger partial charge >= 0.3 is 17.6 Å². The van der Waals surface area contributed by atoms with Crippen LogP contribution in [0.4, 0.5) is 13.2 Å². The molecule has 3 saturated carbocycles. The number of esters is 2. The van der Waals surface area contributed by atoms with Gasteiger partial charge in [0.15, 0.2) is 22.7 Å². The molecule has 4 aliphatic rings.